The van der Waals surface area contributed by atoms with Crippen LogP contribution in [0.4, 0.5) is 0 Å². The molecule has 1 aromatic heterocycles. The van der Waals surface area contributed by atoms with Gasteiger partial charge in [0.05, 0.1) is 0 Å². The summed E-state index contributed by atoms with van der Waals surface area (Å²) in [5.74, 6) is 0.633. The van der Waals surface area contributed by atoms with E-state index in [4.69, 9.17) is 23.2 Å². The van der Waals surface area contributed by atoms with Crippen molar-refractivity contribution in [3.63, 3.8) is 0 Å². The number of benzene rings is 1. The SMILES string of the molecule is O=C(NC1(Cc2ccc(Cl)cc2Cl)CCC1)c1cnc(C2CC2)[nH]c1=O. The summed E-state index contributed by atoms with van der Waals surface area (Å²) in [6.07, 6.45) is 6.82. The van der Waals surface area contributed by atoms with Crippen molar-refractivity contribution in [2.75, 3.05) is 0 Å². The number of carbonyl (C=O) groups excluding carboxylic acids is 1. The van der Waals surface area contributed by atoms with Crippen molar-refractivity contribution in [2.45, 2.75) is 50.0 Å². The van der Waals surface area contributed by atoms with E-state index in [2.05, 4.69) is 15.3 Å². The Kier molecular flexibility index (Phi) is 4.53. The molecule has 2 aromatic rings. The third-order valence-electron chi connectivity index (χ3n) is 5.26. The Morgan fingerprint density at radius 1 is 1.31 bits per heavy atom. The molecule has 1 aromatic carbocycles. The number of rotatable bonds is 5. The van der Waals surface area contributed by atoms with E-state index < -0.39 is 0 Å². The number of carbonyl (C=O) groups is 1. The molecule has 2 aliphatic rings. The molecule has 0 radical (unpaired) electrons. The van der Waals surface area contributed by atoms with E-state index in [9.17, 15) is 9.59 Å². The van der Waals surface area contributed by atoms with Gasteiger partial charge in [-0.15, -0.1) is 0 Å². The number of halogens is 2. The standard InChI is InChI=1S/C19H19Cl2N3O2/c20-13-5-4-12(15(21)8-13)9-19(6-1-7-19)24-18(26)14-10-22-16(11-2-3-11)23-17(14)25/h4-5,8,10-11H,1-3,6-7,9H2,(H,24,26)(H,22,23,25). The number of amides is 1. The van der Waals surface area contributed by atoms with Crippen molar-refractivity contribution >= 4 is 29.1 Å². The van der Waals surface area contributed by atoms with Gasteiger partial charge < -0.3 is 10.3 Å². The number of hydrogen-bond acceptors (Lipinski definition) is 3. The van der Waals surface area contributed by atoms with Crippen molar-refractivity contribution in [1.29, 1.82) is 0 Å². The van der Waals surface area contributed by atoms with Crippen LogP contribution < -0.4 is 10.9 Å². The lowest BCUT2D eigenvalue weighted by atomic mass is 9.72. The summed E-state index contributed by atoms with van der Waals surface area (Å²) in [6, 6.07) is 5.38. The van der Waals surface area contributed by atoms with Gasteiger partial charge in [-0.2, -0.15) is 0 Å². The predicted molar refractivity (Wildman–Crippen MR) is 101 cm³/mol. The van der Waals surface area contributed by atoms with Crippen LogP contribution in [-0.4, -0.2) is 21.4 Å². The van der Waals surface area contributed by atoms with Crippen LogP contribution in [0.25, 0.3) is 0 Å². The summed E-state index contributed by atoms with van der Waals surface area (Å²) in [5, 5.41) is 4.22. The van der Waals surface area contributed by atoms with E-state index in [0.29, 0.717) is 28.2 Å². The van der Waals surface area contributed by atoms with Gasteiger partial charge in [-0.3, -0.25) is 9.59 Å². The van der Waals surface area contributed by atoms with Crippen molar-refractivity contribution in [2.24, 2.45) is 0 Å². The molecule has 2 aliphatic carbocycles. The minimum absolute atomic E-state index is 0.0582. The third-order valence-corrected chi connectivity index (χ3v) is 5.85. The van der Waals surface area contributed by atoms with Crippen LogP contribution in [-0.2, 0) is 6.42 Å². The molecular formula is C19H19Cl2N3O2. The van der Waals surface area contributed by atoms with Gasteiger partial charge in [-0.25, -0.2) is 4.98 Å². The van der Waals surface area contributed by atoms with E-state index in [1.807, 2.05) is 6.07 Å². The van der Waals surface area contributed by atoms with Crippen LogP contribution in [0.2, 0.25) is 10.0 Å². The second kappa shape index (κ2) is 6.71. The van der Waals surface area contributed by atoms with Gasteiger partial charge in [0.15, 0.2) is 0 Å². The number of nitrogens with one attached hydrogen (secondary N) is 2. The Balaban J connectivity index is 1.52. The highest BCUT2D eigenvalue weighted by Gasteiger charge is 2.39. The molecule has 0 bridgehead atoms. The van der Waals surface area contributed by atoms with Crippen LogP contribution in [0.5, 0.6) is 0 Å². The summed E-state index contributed by atoms with van der Waals surface area (Å²) in [6.45, 7) is 0. The largest absolute Gasteiger partial charge is 0.346 e. The first-order valence-corrected chi connectivity index (χ1v) is 9.57. The van der Waals surface area contributed by atoms with Gasteiger partial charge in [0, 0.05) is 27.7 Å². The van der Waals surface area contributed by atoms with Crippen molar-refractivity contribution in [3.8, 4) is 0 Å². The van der Waals surface area contributed by atoms with Gasteiger partial charge in [-0.05, 0) is 56.2 Å². The van der Waals surface area contributed by atoms with Crippen molar-refractivity contribution < 1.29 is 4.79 Å². The lowest BCUT2D eigenvalue weighted by Gasteiger charge is -2.43. The lowest BCUT2D eigenvalue weighted by Crippen LogP contribution is -2.55. The molecule has 26 heavy (non-hydrogen) atoms. The molecule has 7 heteroatoms. The molecule has 0 atom stereocenters. The first kappa shape index (κ1) is 17.6. The number of aromatic amines is 1. The molecule has 4 rings (SSSR count). The highest BCUT2D eigenvalue weighted by atomic mass is 35.5. The van der Waals surface area contributed by atoms with Crippen LogP contribution >= 0.6 is 23.2 Å². The van der Waals surface area contributed by atoms with Crippen molar-refractivity contribution in [1.82, 2.24) is 15.3 Å². The second-order valence-corrected chi connectivity index (χ2v) is 8.13. The molecule has 0 spiro atoms. The first-order valence-electron chi connectivity index (χ1n) is 8.81. The maximum Gasteiger partial charge on any atom is 0.263 e. The highest BCUT2D eigenvalue weighted by Crippen LogP contribution is 2.38. The quantitative estimate of drug-likeness (QED) is 0.812. The fourth-order valence-corrected chi connectivity index (χ4v) is 3.90. The molecule has 0 unspecified atom stereocenters. The number of nitrogens with zero attached hydrogens (tertiary/aromatic N) is 1. The summed E-state index contributed by atoms with van der Waals surface area (Å²) < 4.78 is 0. The van der Waals surface area contributed by atoms with Crippen LogP contribution in [0.15, 0.2) is 29.2 Å². The maximum atomic E-state index is 12.7. The van der Waals surface area contributed by atoms with Crippen molar-refractivity contribution in [3.05, 3.63) is 61.7 Å². The Hall–Kier alpha value is -1.85. The lowest BCUT2D eigenvalue weighted by molar-refractivity contribution is 0.0825. The van der Waals surface area contributed by atoms with Crippen LogP contribution in [0.1, 0.15) is 59.8 Å². The summed E-state index contributed by atoms with van der Waals surface area (Å²) in [7, 11) is 0. The minimum Gasteiger partial charge on any atom is -0.346 e. The average Bonchev–Trinajstić information content (AvgIpc) is 3.39. The molecule has 1 amide bonds. The second-order valence-electron chi connectivity index (χ2n) is 7.29. The molecule has 2 saturated carbocycles. The molecule has 0 saturated heterocycles. The van der Waals surface area contributed by atoms with Crippen LogP contribution in [0, 0.1) is 0 Å². The molecular weight excluding hydrogens is 373 g/mol. The Bertz CT molecular complexity index is 917. The van der Waals surface area contributed by atoms with Gasteiger partial charge >= 0.3 is 0 Å². The van der Waals surface area contributed by atoms with E-state index in [0.717, 1.165) is 37.7 Å². The van der Waals surface area contributed by atoms with Crippen LogP contribution in [0.3, 0.4) is 0 Å². The fourth-order valence-electron chi connectivity index (χ4n) is 3.42. The number of hydrogen-bond donors (Lipinski definition) is 2. The molecule has 0 aliphatic heterocycles. The van der Waals surface area contributed by atoms with E-state index in [-0.39, 0.29) is 22.6 Å². The summed E-state index contributed by atoms with van der Waals surface area (Å²) >= 11 is 12.2. The molecule has 2 fully saturated rings. The Morgan fingerprint density at radius 2 is 2.08 bits per heavy atom. The Labute approximate surface area is 161 Å². The number of aromatic nitrogens is 2. The molecule has 5 nitrogen and oxygen atoms in total. The zero-order chi connectivity index (χ0) is 18.3. The van der Waals surface area contributed by atoms with Gasteiger partial charge in [-0.1, -0.05) is 29.3 Å². The zero-order valence-electron chi connectivity index (χ0n) is 14.1. The van der Waals surface area contributed by atoms with E-state index in [1.165, 1.54) is 6.20 Å². The van der Waals surface area contributed by atoms with E-state index in [1.54, 1.807) is 12.1 Å². The zero-order valence-corrected chi connectivity index (χ0v) is 15.7. The smallest absolute Gasteiger partial charge is 0.263 e. The molecule has 1 heterocycles. The Morgan fingerprint density at radius 3 is 2.65 bits per heavy atom. The molecule has 136 valence electrons. The summed E-state index contributed by atoms with van der Waals surface area (Å²) in [5.41, 5.74) is 0.240. The monoisotopic (exact) mass is 391 g/mol. The molecule has 2 N–H and O–H groups in total. The van der Waals surface area contributed by atoms with Gasteiger partial charge in [0.25, 0.3) is 11.5 Å². The fraction of sp³-hybridized carbons (Fsp3) is 0.421. The predicted octanol–water partition coefficient (Wildman–Crippen LogP) is 3.85. The summed E-state index contributed by atoms with van der Waals surface area (Å²) in [4.78, 5) is 31.9. The number of H-pyrrole nitrogens is 1. The first-order chi connectivity index (χ1) is 12.5. The highest BCUT2D eigenvalue weighted by molar-refractivity contribution is 6.35. The normalized spacial score (nSPS) is 18.2. The van der Waals surface area contributed by atoms with E-state index >= 15 is 0 Å². The average molecular weight is 392 g/mol. The minimum atomic E-state index is -0.383. The van der Waals surface area contributed by atoms with Gasteiger partial charge in [0.1, 0.15) is 11.4 Å². The third kappa shape index (κ3) is 3.51. The maximum absolute atomic E-state index is 12.7. The topological polar surface area (TPSA) is 74.8 Å². The van der Waals surface area contributed by atoms with Gasteiger partial charge in [0.2, 0.25) is 0 Å².